The molecule has 0 radical (unpaired) electrons. The molecule has 3 rings (SSSR count). The summed E-state index contributed by atoms with van der Waals surface area (Å²) >= 11 is 0. The van der Waals surface area contributed by atoms with Gasteiger partial charge in [-0.1, -0.05) is 18.2 Å². The molecule has 0 amide bonds. The zero-order valence-corrected chi connectivity index (χ0v) is 10.6. The van der Waals surface area contributed by atoms with Gasteiger partial charge in [-0.05, 0) is 42.0 Å². The molecule has 0 bridgehead atoms. The predicted molar refractivity (Wildman–Crippen MR) is 71.8 cm³/mol. The molecule has 0 spiro atoms. The Balaban J connectivity index is 1.90. The summed E-state index contributed by atoms with van der Waals surface area (Å²) in [6, 6.07) is 8.30. The zero-order chi connectivity index (χ0) is 13.2. The monoisotopic (exact) mass is 256 g/mol. The maximum atomic E-state index is 11.6. The number of ketones is 1. The topological polar surface area (TPSA) is 50.4 Å². The number of benzene rings is 1. The number of hydrogen-bond donors (Lipinski definition) is 1. The first-order valence-corrected chi connectivity index (χ1v) is 6.56. The van der Waals surface area contributed by atoms with Crippen molar-refractivity contribution in [2.45, 2.75) is 19.3 Å². The molecule has 0 aliphatic heterocycles. The average Bonchev–Trinajstić information content (AvgIpc) is 2.99. The molecule has 0 saturated carbocycles. The summed E-state index contributed by atoms with van der Waals surface area (Å²) in [5.41, 5.74) is 4.70. The predicted octanol–water partition coefficient (Wildman–Crippen LogP) is 2.61. The van der Waals surface area contributed by atoms with Crippen LogP contribution in [0, 0.1) is 5.92 Å². The first-order valence-electron chi connectivity index (χ1n) is 6.56. The maximum absolute atomic E-state index is 11.6. The van der Waals surface area contributed by atoms with Crippen LogP contribution in [-0.2, 0) is 17.6 Å². The van der Waals surface area contributed by atoms with E-state index in [0.717, 1.165) is 30.4 Å². The molecule has 98 valence electrons. The van der Waals surface area contributed by atoms with Crippen LogP contribution in [0.25, 0.3) is 11.1 Å². The van der Waals surface area contributed by atoms with Crippen molar-refractivity contribution in [3.8, 4) is 11.1 Å². The Morgan fingerprint density at radius 2 is 2.16 bits per heavy atom. The number of hydrogen-bond acceptors (Lipinski definition) is 3. The van der Waals surface area contributed by atoms with Crippen LogP contribution in [0.2, 0.25) is 0 Å². The standard InChI is InChI=1S/C16H16O3/c17-9-16(18)13-4-2-11-1-3-12(7-15(11)8-13)14-5-6-19-10-14/h1,3,5-7,10,13,17H,2,4,8-9H2. The minimum atomic E-state index is -0.346. The normalized spacial score (nSPS) is 18.1. The summed E-state index contributed by atoms with van der Waals surface area (Å²) in [5.74, 6) is -0.0727. The fourth-order valence-electron chi connectivity index (χ4n) is 2.77. The first kappa shape index (κ1) is 12.2. The molecule has 0 fully saturated rings. The molecular weight excluding hydrogens is 240 g/mol. The van der Waals surface area contributed by atoms with Gasteiger partial charge in [0.1, 0.15) is 6.61 Å². The van der Waals surface area contributed by atoms with Crippen LogP contribution < -0.4 is 0 Å². The fourth-order valence-corrected chi connectivity index (χ4v) is 2.77. The van der Waals surface area contributed by atoms with Crippen molar-refractivity contribution in [3.63, 3.8) is 0 Å². The molecule has 1 atom stereocenters. The van der Waals surface area contributed by atoms with Crippen LogP contribution in [0.4, 0.5) is 0 Å². The van der Waals surface area contributed by atoms with E-state index in [1.807, 2.05) is 6.07 Å². The van der Waals surface area contributed by atoms with Gasteiger partial charge in [0.25, 0.3) is 0 Å². The summed E-state index contributed by atoms with van der Waals surface area (Å²) in [5, 5.41) is 8.98. The van der Waals surface area contributed by atoms with Crippen LogP contribution in [0.15, 0.2) is 41.2 Å². The third-order valence-electron chi connectivity index (χ3n) is 3.90. The van der Waals surface area contributed by atoms with Crippen LogP contribution in [-0.4, -0.2) is 17.5 Å². The molecule has 1 aliphatic rings. The van der Waals surface area contributed by atoms with Crippen LogP contribution >= 0.6 is 0 Å². The van der Waals surface area contributed by atoms with Gasteiger partial charge in [-0.25, -0.2) is 0 Å². The number of rotatable bonds is 3. The summed E-state index contributed by atoms with van der Waals surface area (Å²) in [4.78, 5) is 11.6. The second-order valence-electron chi connectivity index (χ2n) is 5.06. The van der Waals surface area contributed by atoms with Gasteiger partial charge in [-0.3, -0.25) is 4.79 Å². The molecule has 0 saturated heterocycles. The van der Waals surface area contributed by atoms with Crippen LogP contribution in [0.3, 0.4) is 0 Å². The molecule has 3 nitrogen and oxygen atoms in total. The molecule has 1 unspecified atom stereocenters. The van der Waals surface area contributed by atoms with Gasteiger partial charge in [-0.15, -0.1) is 0 Å². The van der Waals surface area contributed by atoms with Crippen molar-refractivity contribution in [1.29, 1.82) is 0 Å². The number of aryl methyl sites for hydroxylation is 1. The molecular formula is C16H16O3. The van der Waals surface area contributed by atoms with Gasteiger partial charge in [0.05, 0.1) is 12.5 Å². The number of carbonyl (C=O) groups is 1. The quantitative estimate of drug-likeness (QED) is 0.918. The largest absolute Gasteiger partial charge is 0.472 e. The lowest BCUT2D eigenvalue weighted by Crippen LogP contribution is -2.24. The Kier molecular flexibility index (Phi) is 3.22. The Morgan fingerprint density at radius 3 is 2.89 bits per heavy atom. The van der Waals surface area contributed by atoms with E-state index in [1.54, 1.807) is 12.5 Å². The number of furan rings is 1. The highest BCUT2D eigenvalue weighted by atomic mass is 16.3. The van der Waals surface area contributed by atoms with Crippen molar-refractivity contribution < 1.29 is 14.3 Å². The van der Waals surface area contributed by atoms with E-state index < -0.39 is 0 Å². The lowest BCUT2D eigenvalue weighted by Gasteiger charge is -2.23. The Bertz CT molecular complexity index is 584. The third kappa shape index (κ3) is 2.34. The Hall–Kier alpha value is -1.87. The molecule has 1 aromatic carbocycles. The zero-order valence-electron chi connectivity index (χ0n) is 10.6. The second kappa shape index (κ2) is 5.02. The van der Waals surface area contributed by atoms with E-state index in [2.05, 4.69) is 18.2 Å². The smallest absolute Gasteiger partial charge is 0.161 e. The highest BCUT2D eigenvalue weighted by Crippen LogP contribution is 2.30. The van der Waals surface area contributed by atoms with E-state index in [1.165, 1.54) is 11.1 Å². The van der Waals surface area contributed by atoms with Crippen molar-refractivity contribution in [2.75, 3.05) is 6.61 Å². The van der Waals surface area contributed by atoms with Gasteiger partial charge in [0.15, 0.2) is 5.78 Å². The summed E-state index contributed by atoms with van der Waals surface area (Å²) in [6.45, 7) is -0.346. The van der Waals surface area contributed by atoms with E-state index in [4.69, 9.17) is 9.52 Å². The molecule has 19 heavy (non-hydrogen) atoms. The molecule has 3 heteroatoms. The molecule has 1 heterocycles. The number of Topliss-reactive ketones (excluding diaryl/α,β-unsaturated/α-hetero) is 1. The van der Waals surface area contributed by atoms with Gasteiger partial charge < -0.3 is 9.52 Å². The number of carbonyl (C=O) groups excluding carboxylic acids is 1. The summed E-state index contributed by atoms with van der Waals surface area (Å²) < 4.78 is 5.10. The lowest BCUT2D eigenvalue weighted by atomic mass is 9.81. The third-order valence-corrected chi connectivity index (χ3v) is 3.90. The molecule has 1 aromatic heterocycles. The second-order valence-corrected chi connectivity index (χ2v) is 5.06. The van der Waals surface area contributed by atoms with E-state index in [0.29, 0.717) is 0 Å². The van der Waals surface area contributed by atoms with Crippen molar-refractivity contribution in [3.05, 3.63) is 47.9 Å². The highest BCUT2D eigenvalue weighted by molar-refractivity contribution is 5.82. The summed E-state index contributed by atoms with van der Waals surface area (Å²) in [7, 11) is 0. The SMILES string of the molecule is O=C(CO)C1CCc2ccc(-c3ccoc3)cc2C1. The first-order chi connectivity index (χ1) is 9.28. The van der Waals surface area contributed by atoms with Gasteiger partial charge in [0, 0.05) is 11.5 Å². The van der Waals surface area contributed by atoms with Gasteiger partial charge in [0.2, 0.25) is 0 Å². The van der Waals surface area contributed by atoms with Crippen molar-refractivity contribution in [1.82, 2.24) is 0 Å². The number of fused-ring (bicyclic) bond motifs is 1. The number of aliphatic hydroxyl groups excluding tert-OH is 1. The Morgan fingerprint density at radius 1 is 1.26 bits per heavy atom. The minimum absolute atomic E-state index is 0.0305. The van der Waals surface area contributed by atoms with Crippen LogP contribution in [0.5, 0.6) is 0 Å². The molecule has 1 aliphatic carbocycles. The van der Waals surface area contributed by atoms with E-state index >= 15 is 0 Å². The van der Waals surface area contributed by atoms with Gasteiger partial charge in [-0.2, -0.15) is 0 Å². The van der Waals surface area contributed by atoms with Crippen molar-refractivity contribution in [2.24, 2.45) is 5.92 Å². The fraction of sp³-hybridized carbons (Fsp3) is 0.312. The van der Waals surface area contributed by atoms with Crippen molar-refractivity contribution >= 4 is 5.78 Å². The lowest BCUT2D eigenvalue weighted by molar-refractivity contribution is -0.125. The number of aliphatic hydroxyl groups is 1. The van der Waals surface area contributed by atoms with E-state index in [9.17, 15) is 4.79 Å². The summed E-state index contributed by atoms with van der Waals surface area (Å²) in [6.07, 6.45) is 5.88. The molecule has 1 N–H and O–H groups in total. The van der Waals surface area contributed by atoms with E-state index in [-0.39, 0.29) is 18.3 Å². The maximum Gasteiger partial charge on any atom is 0.161 e. The Labute approximate surface area is 111 Å². The van der Waals surface area contributed by atoms with Crippen LogP contribution in [0.1, 0.15) is 17.5 Å². The molecule has 2 aromatic rings. The average molecular weight is 256 g/mol. The highest BCUT2D eigenvalue weighted by Gasteiger charge is 2.24. The van der Waals surface area contributed by atoms with Gasteiger partial charge >= 0.3 is 0 Å². The minimum Gasteiger partial charge on any atom is -0.472 e.